The topological polar surface area (TPSA) is 32.7 Å². The van der Waals surface area contributed by atoms with Crippen LogP contribution in [-0.4, -0.2) is 29.6 Å². The van der Waals surface area contributed by atoms with Crippen molar-refractivity contribution in [3.8, 4) is 0 Å². The van der Waals surface area contributed by atoms with Crippen LogP contribution in [0.1, 0.15) is 6.92 Å². The lowest BCUT2D eigenvalue weighted by molar-refractivity contribution is -0.113. The predicted molar refractivity (Wildman–Crippen MR) is 46.9 cm³/mol. The Morgan fingerprint density at radius 2 is 2.58 bits per heavy atom. The third-order valence-corrected chi connectivity index (χ3v) is 2.05. The third-order valence-electron chi connectivity index (χ3n) is 2.05. The van der Waals surface area contributed by atoms with Gasteiger partial charge in [0.05, 0.1) is 6.54 Å². The van der Waals surface area contributed by atoms with Crippen LogP contribution in [0.4, 0.5) is 0 Å². The van der Waals surface area contributed by atoms with Crippen molar-refractivity contribution in [1.29, 1.82) is 0 Å². The zero-order valence-corrected chi connectivity index (χ0v) is 6.90. The van der Waals surface area contributed by atoms with E-state index in [1.807, 2.05) is 29.5 Å². The number of carbonyl (C=O) groups excluding carboxylic acids is 1. The van der Waals surface area contributed by atoms with Crippen LogP contribution >= 0.6 is 0 Å². The van der Waals surface area contributed by atoms with Crippen molar-refractivity contribution in [2.75, 3.05) is 6.54 Å². The molecule has 62 valence electrons. The molecule has 0 saturated carbocycles. The summed E-state index contributed by atoms with van der Waals surface area (Å²) in [5.41, 5.74) is 0.761. The number of hydrogen-bond acceptors (Lipinski definition) is 3. The summed E-state index contributed by atoms with van der Waals surface area (Å²) in [6, 6.07) is 0. The first-order valence-corrected chi connectivity index (χ1v) is 3.96. The Bertz CT molecular complexity index is 302. The molecule has 1 atom stereocenters. The fourth-order valence-corrected chi connectivity index (χ4v) is 1.35. The number of rotatable bonds is 1. The molecule has 2 rings (SSSR count). The van der Waals surface area contributed by atoms with E-state index in [9.17, 15) is 4.79 Å². The molecule has 1 unspecified atom stereocenters. The summed E-state index contributed by atoms with van der Waals surface area (Å²) in [5, 5.41) is 0. The molecule has 0 radical (unpaired) electrons. The maximum atomic E-state index is 11.0. The zero-order valence-electron chi connectivity index (χ0n) is 6.90. The lowest BCUT2D eigenvalue weighted by atomic mass is 10.1. The number of Topliss-reactive ketones (excluding diaryl/α,β-unsaturated/α-hetero) is 1. The number of aliphatic imine (C=N–C) groups is 1. The second-order valence-corrected chi connectivity index (χ2v) is 2.94. The van der Waals surface area contributed by atoms with E-state index in [-0.39, 0.29) is 11.9 Å². The van der Waals surface area contributed by atoms with Crippen LogP contribution in [0.25, 0.3) is 0 Å². The van der Waals surface area contributed by atoms with E-state index in [2.05, 4.69) is 4.99 Å². The summed E-state index contributed by atoms with van der Waals surface area (Å²) in [6.07, 6.45) is 7.66. The van der Waals surface area contributed by atoms with Crippen molar-refractivity contribution in [1.82, 2.24) is 4.90 Å². The van der Waals surface area contributed by atoms with E-state index < -0.39 is 0 Å². The Labute approximate surface area is 71.1 Å². The molecule has 0 aromatic heterocycles. The van der Waals surface area contributed by atoms with Crippen molar-refractivity contribution in [2.24, 2.45) is 4.99 Å². The van der Waals surface area contributed by atoms with Gasteiger partial charge in [0.2, 0.25) is 0 Å². The molecule has 0 aliphatic carbocycles. The van der Waals surface area contributed by atoms with Crippen LogP contribution in [0.2, 0.25) is 0 Å². The van der Waals surface area contributed by atoms with E-state index in [4.69, 9.17) is 0 Å². The van der Waals surface area contributed by atoms with E-state index in [0.717, 1.165) is 12.1 Å². The average Bonchev–Trinajstić information content (AvgIpc) is 2.49. The van der Waals surface area contributed by atoms with E-state index in [1.54, 1.807) is 6.92 Å². The largest absolute Gasteiger partial charge is 0.347 e. The Morgan fingerprint density at radius 1 is 1.75 bits per heavy atom. The number of fused-ring (bicyclic) bond motifs is 1. The summed E-state index contributed by atoms with van der Waals surface area (Å²) < 4.78 is 0. The smallest absolute Gasteiger partial charge is 0.161 e. The SMILES string of the molecule is CC(=O)C1=CN2CC=NC2C=C1. The van der Waals surface area contributed by atoms with E-state index in [1.165, 1.54) is 0 Å². The standard InChI is InChI=1S/C9H10N2O/c1-7(12)8-2-3-9-10-4-5-11(9)6-8/h2-4,6,9H,5H2,1H3. The minimum absolute atomic E-state index is 0.108. The van der Waals surface area contributed by atoms with E-state index in [0.29, 0.717) is 0 Å². The molecule has 12 heavy (non-hydrogen) atoms. The molecule has 0 bridgehead atoms. The van der Waals surface area contributed by atoms with Crippen molar-refractivity contribution in [3.05, 3.63) is 23.9 Å². The number of nitrogens with zero attached hydrogens (tertiary/aromatic N) is 2. The van der Waals surface area contributed by atoms with Crippen LogP contribution < -0.4 is 0 Å². The lowest BCUT2D eigenvalue weighted by Gasteiger charge is -2.22. The summed E-state index contributed by atoms with van der Waals surface area (Å²) in [4.78, 5) is 17.2. The van der Waals surface area contributed by atoms with Crippen LogP contribution in [0, 0.1) is 0 Å². The highest BCUT2D eigenvalue weighted by atomic mass is 16.1. The van der Waals surface area contributed by atoms with Gasteiger partial charge >= 0.3 is 0 Å². The number of ketones is 1. The van der Waals surface area contributed by atoms with Gasteiger partial charge in [-0.15, -0.1) is 0 Å². The minimum Gasteiger partial charge on any atom is -0.347 e. The quantitative estimate of drug-likeness (QED) is 0.569. The number of hydrogen-bond donors (Lipinski definition) is 0. The third kappa shape index (κ3) is 1.07. The van der Waals surface area contributed by atoms with Crippen molar-refractivity contribution >= 4 is 12.0 Å². The average molecular weight is 162 g/mol. The van der Waals surface area contributed by atoms with Gasteiger partial charge in [-0.3, -0.25) is 9.79 Å². The molecule has 0 fully saturated rings. The Morgan fingerprint density at radius 3 is 3.33 bits per heavy atom. The molecule has 2 aliphatic heterocycles. The summed E-state index contributed by atoms with van der Waals surface area (Å²) in [7, 11) is 0. The fraction of sp³-hybridized carbons (Fsp3) is 0.333. The molecule has 0 amide bonds. The molecule has 2 aliphatic rings. The Balaban J connectivity index is 2.23. The molecule has 0 spiro atoms. The highest BCUT2D eigenvalue weighted by molar-refractivity contribution is 5.96. The first-order chi connectivity index (χ1) is 5.77. The maximum Gasteiger partial charge on any atom is 0.161 e. The van der Waals surface area contributed by atoms with Gasteiger partial charge in [-0.25, -0.2) is 0 Å². The number of carbonyl (C=O) groups is 1. The molecule has 0 N–H and O–H groups in total. The Hall–Kier alpha value is -1.38. The van der Waals surface area contributed by atoms with E-state index >= 15 is 0 Å². The van der Waals surface area contributed by atoms with Gasteiger partial charge in [-0.05, 0) is 19.1 Å². The highest BCUT2D eigenvalue weighted by Gasteiger charge is 2.19. The zero-order chi connectivity index (χ0) is 8.55. The monoisotopic (exact) mass is 162 g/mol. The van der Waals surface area contributed by atoms with Crippen LogP contribution in [0.3, 0.4) is 0 Å². The van der Waals surface area contributed by atoms with Gasteiger partial charge in [0, 0.05) is 18.0 Å². The molecule has 0 aromatic rings. The molecule has 3 heteroatoms. The second-order valence-electron chi connectivity index (χ2n) is 2.94. The molecular weight excluding hydrogens is 152 g/mol. The van der Waals surface area contributed by atoms with Gasteiger partial charge in [0.15, 0.2) is 5.78 Å². The second kappa shape index (κ2) is 2.59. The summed E-state index contributed by atoms with van der Waals surface area (Å²) in [6.45, 7) is 2.39. The van der Waals surface area contributed by atoms with Gasteiger partial charge < -0.3 is 4.90 Å². The van der Waals surface area contributed by atoms with Crippen LogP contribution in [0.15, 0.2) is 28.9 Å². The van der Waals surface area contributed by atoms with Gasteiger partial charge in [-0.1, -0.05) is 0 Å². The molecule has 0 aromatic carbocycles. The van der Waals surface area contributed by atoms with Crippen molar-refractivity contribution in [2.45, 2.75) is 13.1 Å². The summed E-state index contributed by atoms with van der Waals surface area (Å²) in [5.74, 6) is 0.108. The van der Waals surface area contributed by atoms with Gasteiger partial charge in [-0.2, -0.15) is 0 Å². The van der Waals surface area contributed by atoms with Gasteiger partial charge in [0.1, 0.15) is 6.17 Å². The van der Waals surface area contributed by atoms with Crippen LogP contribution in [0.5, 0.6) is 0 Å². The normalized spacial score (nSPS) is 25.6. The van der Waals surface area contributed by atoms with Crippen LogP contribution in [-0.2, 0) is 4.79 Å². The maximum absolute atomic E-state index is 11.0. The fourth-order valence-electron chi connectivity index (χ4n) is 1.35. The Kier molecular flexibility index (Phi) is 1.57. The number of allylic oxidation sites excluding steroid dienone is 2. The first-order valence-electron chi connectivity index (χ1n) is 3.96. The molecule has 3 nitrogen and oxygen atoms in total. The predicted octanol–water partition coefficient (Wildman–Crippen LogP) is 0.742. The first kappa shape index (κ1) is 7.28. The highest BCUT2D eigenvalue weighted by Crippen LogP contribution is 2.17. The lowest BCUT2D eigenvalue weighted by Crippen LogP contribution is -2.26. The molecular formula is C9H10N2O. The summed E-state index contributed by atoms with van der Waals surface area (Å²) >= 11 is 0. The molecule has 0 saturated heterocycles. The minimum atomic E-state index is 0.108. The van der Waals surface area contributed by atoms with Crippen molar-refractivity contribution < 1.29 is 4.79 Å². The van der Waals surface area contributed by atoms with Crippen molar-refractivity contribution in [3.63, 3.8) is 0 Å². The molecule has 2 heterocycles. The van der Waals surface area contributed by atoms with Gasteiger partial charge in [0.25, 0.3) is 0 Å².